The van der Waals surface area contributed by atoms with Gasteiger partial charge in [0.1, 0.15) is 19.6 Å². The summed E-state index contributed by atoms with van der Waals surface area (Å²) in [6.45, 7) is 3.15. The van der Waals surface area contributed by atoms with E-state index in [4.69, 9.17) is 0 Å². The maximum absolute atomic E-state index is 2.43. The van der Waals surface area contributed by atoms with Crippen LogP contribution in [0.15, 0.2) is 54.6 Å². The van der Waals surface area contributed by atoms with Gasteiger partial charge in [-0.05, 0) is 33.4 Å². The smallest absolute Gasteiger partial charge is 0.104 e. The van der Waals surface area contributed by atoms with Gasteiger partial charge in [0, 0.05) is 28.5 Å². The highest BCUT2D eigenvalue weighted by molar-refractivity contribution is 5.71. The van der Waals surface area contributed by atoms with Crippen molar-refractivity contribution in [2.24, 2.45) is 0 Å². The van der Waals surface area contributed by atoms with Gasteiger partial charge in [-0.15, -0.1) is 0 Å². The van der Waals surface area contributed by atoms with Gasteiger partial charge in [-0.1, -0.05) is 54.6 Å². The first-order valence-electron chi connectivity index (χ1n) is 13.0. The Morgan fingerprint density at radius 3 is 1.03 bits per heavy atom. The van der Waals surface area contributed by atoms with Crippen LogP contribution < -0.4 is 0 Å². The van der Waals surface area contributed by atoms with Crippen LogP contribution in [0.25, 0.3) is 0 Å². The molecule has 3 nitrogen and oxygen atoms in total. The highest BCUT2D eigenvalue weighted by Gasteiger charge is 2.45. The van der Waals surface area contributed by atoms with E-state index < -0.39 is 0 Å². The number of nitrogens with zero attached hydrogens (tertiary/aromatic N) is 3. The quantitative estimate of drug-likeness (QED) is 0.296. The first kappa shape index (κ1) is 24.2. The van der Waals surface area contributed by atoms with Crippen molar-refractivity contribution in [2.45, 2.75) is 31.5 Å². The van der Waals surface area contributed by atoms with Gasteiger partial charge in [0.25, 0.3) is 0 Å². The molecular weight excluding hydrogens is 426 g/mol. The minimum atomic E-state index is 0.318. The molecule has 3 aromatic rings. The molecule has 35 heavy (non-hydrogen) atoms. The lowest BCUT2D eigenvalue weighted by atomic mass is 9.58. The van der Waals surface area contributed by atoms with Gasteiger partial charge in [0.15, 0.2) is 0 Å². The summed E-state index contributed by atoms with van der Waals surface area (Å²) in [4.78, 5) is 0. The molecule has 0 radical (unpaired) electrons. The topological polar surface area (TPSA) is 0 Å². The summed E-state index contributed by atoms with van der Waals surface area (Å²) in [6, 6.07) is 21.4. The number of hydrogen-bond donors (Lipinski definition) is 0. The van der Waals surface area contributed by atoms with Gasteiger partial charge >= 0.3 is 0 Å². The number of rotatable bonds is 6. The summed E-state index contributed by atoms with van der Waals surface area (Å²) in [7, 11) is 20.8. The second-order valence-electron chi connectivity index (χ2n) is 14.0. The van der Waals surface area contributed by atoms with Gasteiger partial charge in [-0.25, -0.2) is 0 Å². The molecule has 0 fully saturated rings. The van der Waals surface area contributed by atoms with E-state index in [0.29, 0.717) is 11.8 Å². The Kier molecular flexibility index (Phi) is 5.56. The molecule has 0 saturated heterocycles. The molecule has 0 spiro atoms. The van der Waals surface area contributed by atoms with Crippen LogP contribution in [0.4, 0.5) is 0 Å². The monoisotopic (exact) mass is 470 g/mol. The highest BCUT2D eigenvalue weighted by atomic mass is 15.3. The zero-order chi connectivity index (χ0) is 25.3. The molecule has 6 rings (SSSR count). The van der Waals surface area contributed by atoms with Crippen LogP contribution in [-0.4, -0.2) is 76.9 Å². The standard InChI is InChI=1S/C32H44N3/c1-33(2,3)19-22-13-12-18-27-28(22)31-25-16-10-14-23(20-34(4,5)6)29(25)32(27)30-24(21-35(7,8)9)15-11-17-26(30)31/h10-18,31-32H,19-21H2,1-9H3/q+3. The number of hydrogen-bond acceptors (Lipinski definition) is 0. The van der Waals surface area contributed by atoms with Crippen LogP contribution in [-0.2, 0) is 19.6 Å². The van der Waals surface area contributed by atoms with E-state index in [1.807, 2.05) is 0 Å². The van der Waals surface area contributed by atoms with Gasteiger partial charge in [0.2, 0.25) is 0 Å². The summed E-state index contributed by atoms with van der Waals surface area (Å²) < 4.78 is 2.82. The molecule has 3 heteroatoms. The summed E-state index contributed by atoms with van der Waals surface area (Å²) in [5.41, 5.74) is 13.9. The van der Waals surface area contributed by atoms with Crippen molar-refractivity contribution in [3.05, 3.63) is 105 Å². The molecular formula is C32H44N3+3. The molecule has 3 aromatic carbocycles. The molecule has 3 aliphatic rings. The molecule has 0 saturated carbocycles. The van der Waals surface area contributed by atoms with Crippen LogP contribution >= 0.6 is 0 Å². The average molecular weight is 471 g/mol. The van der Waals surface area contributed by atoms with E-state index in [1.165, 1.54) is 27.8 Å². The van der Waals surface area contributed by atoms with Gasteiger partial charge in [0.05, 0.1) is 63.4 Å². The van der Waals surface area contributed by atoms with E-state index >= 15 is 0 Å². The summed E-state index contributed by atoms with van der Waals surface area (Å²) in [5, 5.41) is 0. The third-order valence-electron chi connectivity index (χ3n) is 7.42. The van der Waals surface area contributed by atoms with Crippen molar-refractivity contribution in [2.75, 3.05) is 63.4 Å². The van der Waals surface area contributed by atoms with Crippen LogP contribution in [0.3, 0.4) is 0 Å². The molecule has 0 aromatic heterocycles. The molecule has 0 unspecified atom stereocenters. The maximum Gasteiger partial charge on any atom is 0.104 e. The van der Waals surface area contributed by atoms with Gasteiger partial charge in [-0.3, -0.25) is 0 Å². The van der Waals surface area contributed by atoms with E-state index in [2.05, 4.69) is 118 Å². The third kappa shape index (κ3) is 4.46. The molecule has 184 valence electrons. The second kappa shape index (κ2) is 8.03. The van der Waals surface area contributed by atoms with Crippen molar-refractivity contribution in [1.29, 1.82) is 0 Å². The normalized spacial score (nSPS) is 18.8. The number of benzene rings is 3. The zero-order valence-electron chi connectivity index (χ0n) is 23.3. The van der Waals surface area contributed by atoms with Crippen LogP contribution in [0.1, 0.15) is 61.9 Å². The molecule has 0 aliphatic heterocycles. The molecule has 0 N–H and O–H groups in total. The van der Waals surface area contributed by atoms with Crippen LogP contribution in [0.5, 0.6) is 0 Å². The lowest BCUT2D eigenvalue weighted by Crippen LogP contribution is -2.38. The number of quaternary nitrogens is 3. The largest absolute Gasteiger partial charge is 0.327 e. The van der Waals surface area contributed by atoms with E-state index in [1.54, 1.807) is 22.3 Å². The lowest BCUT2D eigenvalue weighted by Gasteiger charge is -2.46. The Bertz CT molecular complexity index is 1210. The SMILES string of the molecule is C[N+](C)(C)Cc1cccc2c1C1c3cccc(C[N+](C)(C)C)c3C2c2c(C[N+](C)(C)C)cccc21. The predicted molar refractivity (Wildman–Crippen MR) is 146 cm³/mol. The first-order chi connectivity index (χ1) is 16.2. The maximum atomic E-state index is 2.43. The van der Waals surface area contributed by atoms with E-state index in [9.17, 15) is 0 Å². The Morgan fingerprint density at radius 1 is 0.429 bits per heavy atom. The summed E-state index contributed by atoms with van der Waals surface area (Å²) in [6.07, 6.45) is 0. The highest BCUT2D eigenvalue weighted by Crippen LogP contribution is 2.58. The Morgan fingerprint density at radius 2 is 0.714 bits per heavy atom. The predicted octanol–water partition coefficient (Wildman–Crippen LogP) is 5.29. The minimum Gasteiger partial charge on any atom is -0.327 e. The van der Waals surface area contributed by atoms with Gasteiger partial charge in [-0.2, -0.15) is 0 Å². The van der Waals surface area contributed by atoms with Crippen LogP contribution in [0.2, 0.25) is 0 Å². The summed E-state index contributed by atoms with van der Waals surface area (Å²) in [5.74, 6) is 0.639. The Hall–Kier alpha value is -2.46. The van der Waals surface area contributed by atoms with Crippen molar-refractivity contribution in [3.8, 4) is 0 Å². The lowest BCUT2D eigenvalue weighted by molar-refractivity contribution is -0.884. The first-order valence-corrected chi connectivity index (χ1v) is 13.0. The zero-order valence-corrected chi connectivity index (χ0v) is 23.3. The molecule has 2 bridgehead atoms. The fraction of sp³-hybridized carbons (Fsp3) is 0.438. The van der Waals surface area contributed by atoms with E-state index in [-0.39, 0.29) is 0 Å². The van der Waals surface area contributed by atoms with Crippen molar-refractivity contribution >= 4 is 0 Å². The Labute approximate surface area is 213 Å². The fourth-order valence-electron chi connectivity index (χ4n) is 6.59. The third-order valence-corrected chi connectivity index (χ3v) is 7.42. The molecule has 3 aliphatic carbocycles. The molecule has 0 amide bonds. The summed E-state index contributed by atoms with van der Waals surface area (Å²) >= 11 is 0. The molecule has 0 atom stereocenters. The van der Waals surface area contributed by atoms with Crippen molar-refractivity contribution in [1.82, 2.24) is 0 Å². The van der Waals surface area contributed by atoms with Crippen LogP contribution in [0, 0.1) is 0 Å². The molecule has 0 heterocycles. The average Bonchev–Trinajstić information content (AvgIpc) is 2.70. The fourth-order valence-corrected chi connectivity index (χ4v) is 6.59. The Balaban J connectivity index is 1.81. The van der Waals surface area contributed by atoms with Crippen molar-refractivity contribution in [3.63, 3.8) is 0 Å². The second-order valence-corrected chi connectivity index (χ2v) is 14.0. The van der Waals surface area contributed by atoms with E-state index in [0.717, 1.165) is 33.1 Å². The van der Waals surface area contributed by atoms with Gasteiger partial charge < -0.3 is 13.4 Å². The van der Waals surface area contributed by atoms with Crippen molar-refractivity contribution < 1.29 is 13.4 Å². The minimum absolute atomic E-state index is 0.318.